The number of benzene rings is 2. The Labute approximate surface area is 260 Å². The standard InChI is InChI=1S/C34H35N7O4/c1-4-29-31(34(44)41(40(29)3)24-8-6-5-7-9-24)33(43)38-22-10-12-25(13-11-22)45-30-14-17-35-28-21-36-27(20-26(28)30)32(42)37-23-15-18-39(2)19-16-23/h5-14,17,20-21,23H,4,15-16,18-19H2,1-3H3,(H,37,42)(H,38,43). The smallest absolute Gasteiger partial charge is 0.284 e. The summed E-state index contributed by atoms with van der Waals surface area (Å²) in [7, 11) is 3.86. The van der Waals surface area contributed by atoms with E-state index in [4.69, 9.17) is 4.74 Å². The van der Waals surface area contributed by atoms with Gasteiger partial charge in [-0.25, -0.2) is 9.67 Å². The Morgan fingerprint density at radius 3 is 2.40 bits per heavy atom. The third-order valence-corrected chi connectivity index (χ3v) is 8.16. The van der Waals surface area contributed by atoms with Gasteiger partial charge in [-0.3, -0.25) is 24.0 Å². The minimum absolute atomic E-state index is 0.108. The van der Waals surface area contributed by atoms with Gasteiger partial charge in [-0.1, -0.05) is 25.1 Å². The van der Waals surface area contributed by atoms with E-state index in [0.717, 1.165) is 25.9 Å². The average Bonchev–Trinajstić information content (AvgIpc) is 3.32. The van der Waals surface area contributed by atoms with E-state index in [1.165, 1.54) is 4.68 Å². The Kier molecular flexibility index (Phi) is 8.43. The quantitative estimate of drug-likeness (QED) is 0.266. The molecule has 2 N–H and O–H groups in total. The van der Waals surface area contributed by atoms with Gasteiger partial charge in [-0.2, -0.15) is 0 Å². The first-order valence-corrected chi connectivity index (χ1v) is 15.0. The highest BCUT2D eigenvalue weighted by Crippen LogP contribution is 2.30. The molecule has 1 aliphatic rings. The van der Waals surface area contributed by atoms with Crippen molar-refractivity contribution >= 4 is 28.4 Å². The van der Waals surface area contributed by atoms with Gasteiger partial charge < -0.3 is 20.3 Å². The van der Waals surface area contributed by atoms with Crippen molar-refractivity contribution in [3.05, 3.63) is 106 Å². The fraction of sp³-hybridized carbons (Fsp3) is 0.265. The molecule has 11 nitrogen and oxygen atoms in total. The number of aromatic nitrogens is 4. The van der Waals surface area contributed by atoms with Crippen molar-refractivity contribution < 1.29 is 14.3 Å². The lowest BCUT2D eigenvalue weighted by molar-refractivity contribution is 0.0911. The van der Waals surface area contributed by atoms with E-state index in [9.17, 15) is 14.4 Å². The highest BCUT2D eigenvalue weighted by Gasteiger charge is 2.24. The van der Waals surface area contributed by atoms with Crippen LogP contribution in [0.25, 0.3) is 16.6 Å². The summed E-state index contributed by atoms with van der Waals surface area (Å²) >= 11 is 0. The summed E-state index contributed by atoms with van der Waals surface area (Å²) in [4.78, 5) is 50.7. The number of carbonyl (C=O) groups excluding carboxylic acids is 2. The maximum Gasteiger partial charge on any atom is 0.284 e. The number of amides is 2. The number of nitrogens with one attached hydrogen (secondary N) is 2. The molecule has 11 heteroatoms. The molecule has 0 atom stereocenters. The molecule has 0 spiro atoms. The molecule has 0 unspecified atom stereocenters. The highest BCUT2D eigenvalue weighted by atomic mass is 16.5. The van der Waals surface area contributed by atoms with E-state index in [0.29, 0.717) is 51.6 Å². The van der Waals surface area contributed by atoms with Gasteiger partial charge in [0.15, 0.2) is 0 Å². The van der Waals surface area contributed by atoms with Crippen LogP contribution in [0.3, 0.4) is 0 Å². The van der Waals surface area contributed by atoms with Crippen molar-refractivity contribution in [2.24, 2.45) is 7.05 Å². The summed E-state index contributed by atoms with van der Waals surface area (Å²) in [6, 6.07) is 19.7. The van der Waals surface area contributed by atoms with Crippen molar-refractivity contribution in [3.8, 4) is 17.2 Å². The lowest BCUT2D eigenvalue weighted by atomic mass is 10.1. The normalized spacial score (nSPS) is 13.9. The number of anilines is 1. The number of nitrogens with zero attached hydrogens (tertiary/aromatic N) is 5. The summed E-state index contributed by atoms with van der Waals surface area (Å²) in [5.41, 5.74) is 2.47. The van der Waals surface area contributed by atoms with Crippen LogP contribution in [0, 0.1) is 0 Å². The number of hydrogen-bond donors (Lipinski definition) is 2. The van der Waals surface area contributed by atoms with Crippen molar-refractivity contribution in [1.29, 1.82) is 0 Å². The molecule has 45 heavy (non-hydrogen) atoms. The summed E-state index contributed by atoms with van der Waals surface area (Å²) in [6.07, 6.45) is 5.51. The second-order valence-corrected chi connectivity index (χ2v) is 11.2. The predicted molar refractivity (Wildman–Crippen MR) is 172 cm³/mol. The lowest BCUT2D eigenvalue weighted by Crippen LogP contribution is -2.43. The minimum atomic E-state index is -0.477. The van der Waals surface area contributed by atoms with Gasteiger partial charge in [-0.05, 0) is 87.9 Å². The number of likely N-dealkylation sites (tertiary alicyclic amines) is 1. The molecular formula is C34H35N7O4. The van der Waals surface area contributed by atoms with Crippen LogP contribution in [0.1, 0.15) is 46.3 Å². The molecule has 6 rings (SSSR count). The Balaban J connectivity index is 1.18. The van der Waals surface area contributed by atoms with Crippen LogP contribution in [-0.4, -0.2) is 62.2 Å². The third kappa shape index (κ3) is 6.20. The van der Waals surface area contributed by atoms with Crippen molar-refractivity contribution in [2.45, 2.75) is 32.2 Å². The summed E-state index contributed by atoms with van der Waals surface area (Å²) in [6.45, 7) is 3.80. The van der Waals surface area contributed by atoms with E-state index < -0.39 is 5.91 Å². The minimum Gasteiger partial charge on any atom is -0.457 e. The third-order valence-electron chi connectivity index (χ3n) is 8.16. The number of ether oxygens (including phenoxy) is 1. The van der Waals surface area contributed by atoms with Crippen molar-refractivity contribution in [3.63, 3.8) is 0 Å². The Morgan fingerprint density at radius 2 is 1.69 bits per heavy atom. The van der Waals surface area contributed by atoms with Crippen LogP contribution in [0.4, 0.5) is 5.69 Å². The topological polar surface area (TPSA) is 123 Å². The number of carbonyl (C=O) groups is 2. The maximum absolute atomic E-state index is 13.4. The Bertz CT molecular complexity index is 1910. The molecule has 1 saturated heterocycles. The van der Waals surface area contributed by atoms with Gasteiger partial charge in [0.05, 0.1) is 23.1 Å². The van der Waals surface area contributed by atoms with E-state index >= 15 is 0 Å². The summed E-state index contributed by atoms with van der Waals surface area (Å²) < 4.78 is 9.41. The number of pyridine rings is 2. The largest absolute Gasteiger partial charge is 0.457 e. The number of para-hydroxylation sites is 1. The molecule has 4 heterocycles. The fourth-order valence-corrected chi connectivity index (χ4v) is 5.72. The van der Waals surface area contributed by atoms with Gasteiger partial charge in [0, 0.05) is 30.4 Å². The molecule has 5 aromatic rings. The van der Waals surface area contributed by atoms with Gasteiger partial charge >= 0.3 is 0 Å². The molecule has 2 aromatic carbocycles. The van der Waals surface area contributed by atoms with Crippen LogP contribution in [-0.2, 0) is 13.5 Å². The fourth-order valence-electron chi connectivity index (χ4n) is 5.72. The van der Waals surface area contributed by atoms with E-state index in [1.807, 2.05) is 37.3 Å². The molecule has 0 bridgehead atoms. The van der Waals surface area contributed by atoms with Crippen LogP contribution in [0.5, 0.6) is 11.5 Å². The van der Waals surface area contributed by atoms with Crippen LogP contribution >= 0.6 is 0 Å². The molecule has 1 aliphatic heterocycles. The monoisotopic (exact) mass is 605 g/mol. The number of rotatable bonds is 8. The number of piperidine rings is 1. The Morgan fingerprint density at radius 1 is 0.956 bits per heavy atom. The molecular weight excluding hydrogens is 570 g/mol. The van der Waals surface area contributed by atoms with Crippen LogP contribution in [0.2, 0.25) is 0 Å². The maximum atomic E-state index is 13.4. The first-order chi connectivity index (χ1) is 21.8. The summed E-state index contributed by atoms with van der Waals surface area (Å²) in [5.74, 6) is 0.344. The second-order valence-electron chi connectivity index (χ2n) is 11.2. The first kappa shape index (κ1) is 29.8. The number of hydrogen-bond acceptors (Lipinski definition) is 7. The molecule has 0 aliphatic carbocycles. The molecule has 0 saturated carbocycles. The van der Waals surface area contributed by atoms with Crippen LogP contribution < -0.4 is 20.9 Å². The molecule has 230 valence electrons. The van der Waals surface area contributed by atoms with Crippen molar-refractivity contribution in [1.82, 2.24) is 29.5 Å². The lowest BCUT2D eigenvalue weighted by Gasteiger charge is -2.29. The zero-order valence-corrected chi connectivity index (χ0v) is 25.5. The molecule has 1 fully saturated rings. The van der Waals surface area contributed by atoms with E-state index in [2.05, 4.69) is 32.5 Å². The van der Waals surface area contributed by atoms with Gasteiger partial charge in [0.25, 0.3) is 17.4 Å². The second kappa shape index (κ2) is 12.7. The Hall–Kier alpha value is -5.29. The highest BCUT2D eigenvalue weighted by molar-refractivity contribution is 6.05. The van der Waals surface area contributed by atoms with Gasteiger partial charge in [0.2, 0.25) is 0 Å². The SMILES string of the molecule is CCc1c(C(=O)Nc2ccc(Oc3ccnc4cnc(C(=O)NC5CCN(C)CC5)cc34)cc2)c(=O)n(-c2ccccc2)n1C. The van der Waals surface area contributed by atoms with Gasteiger partial charge in [-0.15, -0.1) is 0 Å². The molecule has 0 radical (unpaired) electrons. The number of fused-ring (bicyclic) bond motifs is 1. The van der Waals surface area contributed by atoms with Crippen molar-refractivity contribution in [2.75, 3.05) is 25.5 Å². The van der Waals surface area contributed by atoms with Gasteiger partial charge in [0.1, 0.15) is 22.8 Å². The average molecular weight is 606 g/mol. The van der Waals surface area contributed by atoms with E-state index in [1.54, 1.807) is 60.5 Å². The van der Waals surface area contributed by atoms with E-state index in [-0.39, 0.29) is 23.1 Å². The zero-order valence-electron chi connectivity index (χ0n) is 25.5. The summed E-state index contributed by atoms with van der Waals surface area (Å²) in [5, 5.41) is 6.61. The molecule has 2 amide bonds. The predicted octanol–water partition coefficient (Wildman–Crippen LogP) is 4.55. The molecule has 3 aromatic heterocycles. The van der Waals surface area contributed by atoms with Crippen LogP contribution in [0.15, 0.2) is 83.9 Å². The zero-order chi connectivity index (χ0) is 31.5. The first-order valence-electron chi connectivity index (χ1n) is 15.0.